The first-order valence-electron chi connectivity index (χ1n) is 5.69. The van der Waals surface area contributed by atoms with E-state index in [0.717, 1.165) is 22.4 Å². The van der Waals surface area contributed by atoms with Gasteiger partial charge in [0.1, 0.15) is 12.1 Å². The Balaban J connectivity index is 2.46. The van der Waals surface area contributed by atoms with Crippen molar-refractivity contribution in [3.05, 3.63) is 33.6 Å². The first kappa shape index (κ1) is 13.3. The van der Waals surface area contributed by atoms with Crippen LogP contribution in [0.15, 0.2) is 10.8 Å². The van der Waals surface area contributed by atoms with Crippen LogP contribution in [-0.4, -0.2) is 19.3 Å². The van der Waals surface area contributed by atoms with Crippen LogP contribution in [0.1, 0.15) is 29.7 Å². The summed E-state index contributed by atoms with van der Waals surface area (Å²) in [5.41, 5.74) is 2.28. The van der Waals surface area contributed by atoms with E-state index < -0.39 is 0 Å². The van der Waals surface area contributed by atoms with Gasteiger partial charge >= 0.3 is 0 Å². The Morgan fingerprint density at radius 3 is 2.68 bits per heavy atom. The predicted molar refractivity (Wildman–Crippen MR) is 71.1 cm³/mol. The van der Waals surface area contributed by atoms with Gasteiger partial charge in [0.05, 0.1) is 28.7 Å². The third-order valence-electron chi connectivity index (χ3n) is 2.82. The molecule has 0 aliphatic heterocycles. The molecule has 96 valence electrons. The number of hydrogen-bond donors (Lipinski definition) is 0. The van der Waals surface area contributed by atoms with Crippen LogP contribution in [0.25, 0.3) is 0 Å². The molecule has 0 fully saturated rings. The summed E-state index contributed by atoms with van der Waals surface area (Å²) < 4.78 is 4.45. The van der Waals surface area contributed by atoms with E-state index in [1.807, 2.05) is 30.7 Å². The largest absolute Gasteiger partial charge is 0.315 e. The summed E-state index contributed by atoms with van der Waals surface area (Å²) in [7, 11) is 0. The topological polar surface area (TPSA) is 83.2 Å². The summed E-state index contributed by atoms with van der Waals surface area (Å²) >= 11 is 3.50. The molecule has 0 saturated carbocycles. The van der Waals surface area contributed by atoms with Gasteiger partial charge in [-0.05, 0) is 29.8 Å². The summed E-state index contributed by atoms with van der Waals surface area (Å²) in [5.74, 6) is 0. The van der Waals surface area contributed by atoms with Gasteiger partial charge in [-0.25, -0.2) is 4.98 Å². The van der Waals surface area contributed by atoms with Gasteiger partial charge in [0.25, 0.3) is 0 Å². The molecule has 2 heterocycles. The Bertz CT molecular complexity index is 697. The lowest BCUT2D eigenvalue weighted by Crippen LogP contribution is -2.09. The lowest BCUT2D eigenvalue weighted by atomic mass is 10.3. The van der Waals surface area contributed by atoms with Crippen LogP contribution < -0.4 is 0 Å². The second kappa shape index (κ2) is 5.25. The maximum absolute atomic E-state index is 9.10. The molecule has 0 saturated heterocycles. The molecular weight excluding hydrogens is 308 g/mol. The van der Waals surface area contributed by atoms with Gasteiger partial charge in [-0.3, -0.25) is 4.68 Å². The van der Waals surface area contributed by atoms with E-state index in [2.05, 4.69) is 26.0 Å². The van der Waals surface area contributed by atoms with E-state index in [9.17, 15) is 0 Å². The number of rotatable bonds is 3. The smallest absolute Gasteiger partial charge is 0.176 e. The third-order valence-corrected chi connectivity index (χ3v) is 3.85. The van der Waals surface area contributed by atoms with E-state index in [4.69, 9.17) is 10.5 Å². The first-order valence-corrected chi connectivity index (χ1v) is 6.48. The van der Waals surface area contributed by atoms with Crippen LogP contribution in [-0.2, 0) is 13.1 Å². The standard InChI is InChI=1S/C12H11BrN6/c1-3-19-11(12(13)8(2)17-19)6-18-7-16-9(4-14)10(18)5-15/h7H,3,6H2,1-2H3. The Kier molecular flexibility index (Phi) is 3.68. The van der Waals surface area contributed by atoms with Crippen LogP contribution in [0.5, 0.6) is 0 Å². The lowest BCUT2D eigenvalue weighted by molar-refractivity contribution is 0.594. The number of aryl methyl sites for hydroxylation is 2. The maximum Gasteiger partial charge on any atom is 0.176 e. The van der Waals surface area contributed by atoms with E-state index in [1.165, 1.54) is 6.33 Å². The van der Waals surface area contributed by atoms with E-state index >= 15 is 0 Å². The van der Waals surface area contributed by atoms with Crippen molar-refractivity contribution in [1.82, 2.24) is 19.3 Å². The Labute approximate surface area is 119 Å². The van der Waals surface area contributed by atoms with Gasteiger partial charge in [0.2, 0.25) is 0 Å². The van der Waals surface area contributed by atoms with E-state index in [0.29, 0.717) is 6.54 Å². The lowest BCUT2D eigenvalue weighted by Gasteiger charge is -2.07. The van der Waals surface area contributed by atoms with E-state index in [-0.39, 0.29) is 11.4 Å². The fraction of sp³-hybridized carbons (Fsp3) is 0.333. The molecule has 19 heavy (non-hydrogen) atoms. The molecule has 0 amide bonds. The number of aromatic nitrogens is 4. The van der Waals surface area contributed by atoms with Crippen molar-refractivity contribution in [2.45, 2.75) is 26.9 Å². The molecule has 2 rings (SSSR count). The van der Waals surface area contributed by atoms with Gasteiger partial charge in [-0.15, -0.1) is 0 Å². The molecule has 0 bridgehead atoms. The van der Waals surface area contributed by atoms with Crippen LogP contribution in [0, 0.1) is 29.6 Å². The Morgan fingerprint density at radius 2 is 2.11 bits per heavy atom. The van der Waals surface area contributed by atoms with Crippen molar-refractivity contribution < 1.29 is 0 Å². The Morgan fingerprint density at radius 1 is 1.37 bits per heavy atom. The zero-order valence-electron chi connectivity index (χ0n) is 10.6. The van der Waals surface area contributed by atoms with Gasteiger partial charge in [0.15, 0.2) is 11.4 Å². The van der Waals surface area contributed by atoms with Gasteiger partial charge < -0.3 is 4.57 Å². The maximum atomic E-state index is 9.10. The quantitative estimate of drug-likeness (QED) is 0.866. The molecule has 0 radical (unpaired) electrons. The average Bonchev–Trinajstić information content (AvgIpc) is 2.94. The highest BCUT2D eigenvalue weighted by Gasteiger charge is 2.16. The number of nitrogens with zero attached hydrogens (tertiary/aromatic N) is 6. The molecule has 6 nitrogen and oxygen atoms in total. The molecule has 0 atom stereocenters. The normalized spacial score (nSPS) is 10.2. The SMILES string of the molecule is CCn1nc(C)c(Br)c1Cn1cnc(C#N)c1C#N. The number of nitriles is 2. The summed E-state index contributed by atoms with van der Waals surface area (Å²) in [6.07, 6.45) is 1.51. The summed E-state index contributed by atoms with van der Waals surface area (Å²) in [4.78, 5) is 3.93. The highest BCUT2D eigenvalue weighted by atomic mass is 79.9. The molecule has 0 aliphatic carbocycles. The van der Waals surface area contributed by atoms with Crippen molar-refractivity contribution in [1.29, 1.82) is 10.5 Å². The summed E-state index contributed by atoms with van der Waals surface area (Å²) in [5, 5.41) is 22.4. The molecule has 7 heteroatoms. The monoisotopic (exact) mass is 318 g/mol. The van der Waals surface area contributed by atoms with Crippen LogP contribution in [0.3, 0.4) is 0 Å². The number of hydrogen-bond acceptors (Lipinski definition) is 4. The second-order valence-electron chi connectivity index (χ2n) is 3.96. The first-order chi connectivity index (χ1) is 9.12. The number of halogens is 1. The second-order valence-corrected chi connectivity index (χ2v) is 4.75. The van der Waals surface area contributed by atoms with Crippen molar-refractivity contribution >= 4 is 15.9 Å². The molecule has 2 aromatic rings. The van der Waals surface area contributed by atoms with Gasteiger partial charge in [0, 0.05) is 6.54 Å². The summed E-state index contributed by atoms with van der Waals surface area (Å²) in [6.45, 7) is 5.11. The molecule has 0 aliphatic rings. The predicted octanol–water partition coefficient (Wildman–Crippen LogP) is 1.96. The van der Waals surface area contributed by atoms with Crippen LogP contribution in [0.2, 0.25) is 0 Å². The average molecular weight is 319 g/mol. The fourth-order valence-corrected chi connectivity index (χ4v) is 2.29. The minimum absolute atomic E-state index is 0.151. The van der Waals surface area contributed by atoms with Gasteiger partial charge in [-0.1, -0.05) is 0 Å². The van der Waals surface area contributed by atoms with Crippen molar-refractivity contribution in [2.75, 3.05) is 0 Å². The van der Waals surface area contributed by atoms with Gasteiger partial charge in [-0.2, -0.15) is 15.6 Å². The molecule has 0 unspecified atom stereocenters. The molecule has 0 spiro atoms. The molecule has 0 N–H and O–H groups in total. The minimum Gasteiger partial charge on any atom is -0.315 e. The van der Waals surface area contributed by atoms with Crippen LogP contribution >= 0.6 is 15.9 Å². The molecule has 2 aromatic heterocycles. The Hall–Kier alpha value is -2.12. The van der Waals surface area contributed by atoms with Crippen LogP contribution in [0.4, 0.5) is 0 Å². The zero-order valence-corrected chi connectivity index (χ0v) is 12.1. The van der Waals surface area contributed by atoms with Crippen molar-refractivity contribution in [2.24, 2.45) is 0 Å². The number of imidazole rings is 1. The highest BCUT2D eigenvalue weighted by Crippen LogP contribution is 2.22. The third kappa shape index (κ3) is 2.25. The molecule has 0 aromatic carbocycles. The fourth-order valence-electron chi connectivity index (χ4n) is 1.88. The van der Waals surface area contributed by atoms with Crippen molar-refractivity contribution in [3.8, 4) is 12.1 Å². The molecular formula is C12H11BrN6. The summed E-state index contributed by atoms with van der Waals surface area (Å²) in [6, 6.07) is 3.92. The zero-order chi connectivity index (χ0) is 14.0. The van der Waals surface area contributed by atoms with Crippen molar-refractivity contribution in [3.63, 3.8) is 0 Å². The minimum atomic E-state index is 0.151. The highest BCUT2D eigenvalue weighted by molar-refractivity contribution is 9.10. The van der Waals surface area contributed by atoms with E-state index in [1.54, 1.807) is 4.57 Å².